The maximum atomic E-state index is 12.9. The number of nitrogens with zero attached hydrogens (tertiary/aromatic N) is 2. The minimum Gasteiger partial charge on any atom is -0.335 e. The van der Waals surface area contributed by atoms with E-state index in [4.69, 9.17) is 0 Å². The molecule has 28 heavy (non-hydrogen) atoms. The normalized spacial score (nSPS) is 18.2. The van der Waals surface area contributed by atoms with E-state index in [2.05, 4.69) is 26.1 Å². The Balaban J connectivity index is 0.00000225. The van der Waals surface area contributed by atoms with E-state index in [1.807, 2.05) is 0 Å². The number of carbonyl (C=O) groups excluding carboxylic acids is 2. The van der Waals surface area contributed by atoms with Crippen LogP contribution in [0.15, 0.2) is 24.3 Å². The first-order chi connectivity index (χ1) is 13.1. The molecule has 3 amide bonds. The lowest BCUT2D eigenvalue weighted by atomic mass is 10.1. The molecular weight excluding hydrogens is 387 g/mol. The first-order valence-corrected chi connectivity index (χ1v) is 8.99. The van der Waals surface area contributed by atoms with Crippen LogP contribution in [0.25, 0.3) is 0 Å². The summed E-state index contributed by atoms with van der Waals surface area (Å²) in [6.07, 6.45) is 1.51. The van der Waals surface area contributed by atoms with Crippen LogP contribution in [0.2, 0.25) is 0 Å². The Labute approximate surface area is 167 Å². The van der Waals surface area contributed by atoms with Gasteiger partial charge in [-0.05, 0) is 30.7 Å². The van der Waals surface area contributed by atoms with Gasteiger partial charge in [0.1, 0.15) is 5.82 Å². The third kappa shape index (κ3) is 4.26. The van der Waals surface area contributed by atoms with Gasteiger partial charge in [-0.3, -0.25) is 9.89 Å². The Bertz CT molecular complexity index is 856. The van der Waals surface area contributed by atoms with Gasteiger partial charge in [-0.15, -0.1) is 12.4 Å². The number of rotatable bonds is 3. The second-order valence-electron chi connectivity index (χ2n) is 6.80. The maximum Gasteiger partial charge on any atom is 0.319 e. The lowest BCUT2D eigenvalue weighted by Crippen LogP contribution is -2.40. The van der Waals surface area contributed by atoms with Gasteiger partial charge < -0.3 is 20.9 Å². The number of benzene rings is 1. The van der Waals surface area contributed by atoms with Crippen LogP contribution in [0, 0.1) is 5.82 Å². The molecule has 3 heterocycles. The predicted molar refractivity (Wildman–Crippen MR) is 104 cm³/mol. The number of fused-ring (bicyclic) bond motifs is 1. The van der Waals surface area contributed by atoms with E-state index in [9.17, 15) is 14.0 Å². The van der Waals surface area contributed by atoms with Crippen LogP contribution in [-0.2, 0) is 13.0 Å². The topological polar surface area (TPSA) is 102 Å². The van der Waals surface area contributed by atoms with E-state index in [-0.39, 0.29) is 36.2 Å². The van der Waals surface area contributed by atoms with Crippen LogP contribution < -0.4 is 16.0 Å². The molecule has 8 nitrogen and oxygen atoms in total. The minimum atomic E-state index is -0.373. The first kappa shape index (κ1) is 20.1. The molecule has 1 saturated heterocycles. The Morgan fingerprint density at radius 3 is 2.82 bits per heavy atom. The van der Waals surface area contributed by atoms with Crippen molar-refractivity contribution in [2.45, 2.75) is 25.4 Å². The largest absolute Gasteiger partial charge is 0.335 e. The molecule has 10 heteroatoms. The van der Waals surface area contributed by atoms with Crippen molar-refractivity contribution >= 4 is 30.0 Å². The van der Waals surface area contributed by atoms with Crippen LogP contribution in [0.3, 0.4) is 0 Å². The molecule has 0 bridgehead atoms. The Hall–Kier alpha value is -2.65. The summed E-state index contributed by atoms with van der Waals surface area (Å²) >= 11 is 0. The third-order valence-electron chi connectivity index (χ3n) is 4.92. The number of amides is 3. The average molecular weight is 409 g/mol. The van der Waals surface area contributed by atoms with Crippen LogP contribution in [-0.4, -0.2) is 52.7 Å². The van der Waals surface area contributed by atoms with Crippen molar-refractivity contribution < 1.29 is 14.0 Å². The molecule has 0 spiro atoms. The Morgan fingerprint density at radius 2 is 2.04 bits per heavy atom. The van der Waals surface area contributed by atoms with Crippen molar-refractivity contribution in [3.63, 3.8) is 0 Å². The van der Waals surface area contributed by atoms with E-state index < -0.39 is 0 Å². The van der Waals surface area contributed by atoms with Crippen LogP contribution >= 0.6 is 12.4 Å². The fraction of sp³-hybridized carbons (Fsp3) is 0.389. The number of likely N-dealkylation sites (tertiary alicyclic amines) is 1. The third-order valence-corrected chi connectivity index (χ3v) is 4.92. The number of nitrogens with one attached hydrogen (secondary N) is 4. The molecule has 0 radical (unpaired) electrons. The van der Waals surface area contributed by atoms with Crippen molar-refractivity contribution in [1.82, 2.24) is 25.7 Å². The van der Waals surface area contributed by atoms with Gasteiger partial charge in [0.05, 0.1) is 0 Å². The van der Waals surface area contributed by atoms with Gasteiger partial charge in [0.25, 0.3) is 5.91 Å². The Morgan fingerprint density at radius 1 is 1.25 bits per heavy atom. The number of hydrogen-bond acceptors (Lipinski definition) is 4. The SMILES string of the molecule is Cl.O=C(Nc1ccc(F)cc1)NC1CCN(C(=O)c2n[nH]c3c2CNCC3)C1. The molecule has 2 aliphatic rings. The second-order valence-corrected chi connectivity index (χ2v) is 6.80. The van der Waals surface area contributed by atoms with Crippen molar-refractivity contribution in [1.29, 1.82) is 0 Å². The fourth-order valence-electron chi connectivity index (χ4n) is 3.50. The summed E-state index contributed by atoms with van der Waals surface area (Å²) in [5.41, 5.74) is 2.94. The lowest BCUT2D eigenvalue weighted by Gasteiger charge is -2.18. The number of carbonyl (C=O) groups is 2. The predicted octanol–water partition coefficient (Wildman–Crippen LogP) is 1.65. The molecule has 1 aromatic carbocycles. The monoisotopic (exact) mass is 408 g/mol. The summed E-state index contributed by atoms with van der Waals surface area (Å²) < 4.78 is 12.9. The molecule has 4 N–H and O–H groups in total. The number of hydrogen-bond donors (Lipinski definition) is 4. The number of aromatic amines is 1. The number of aromatic nitrogens is 2. The van der Waals surface area contributed by atoms with Gasteiger partial charge in [0.15, 0.2) is 5.69 Å². The molecule has 1 aromatic heterocycles. The van der Waals surface area contributed by atoms with Gasteiger partial charge >= 0.3 is 6.03 Å². The Kier molecular flexibility index (Phi) is 6.15. The minimum absolute atomic E-state index is 0. The highest BCUT2D eigenvalue weighted by Gasteiger charge is 2.31. The van der Waals surface area contributed by atoms with Gasteiger partial charge in [0.2, 0.25) is 0 Å². The number of halogens is 2. The molecule has 1 fully saturated rings. The maximum absolute atomic E-state index is 12.9. The standard InChI is InChI=1S/C18H21FN6O2.ClH/c19-11-1-3-12(4-2-11)21-18(27)22-13-6-8-25(10-13)17(26)16-14-9-20-7-5-15(14)23-24-16;/h1-4,13,20H,5-10H2,(H,23,24)(H2,21,22,27);1H. The molecule has 150 valence electrons. The highest BCUT2D eigenvalue weighted by molar-refractivity contribution is 5.94. The zero-order valence-corrected chi connectivity index (χ0v) is 15.9. The second kappa shape index (κ2) is 8.57. The summed E-state index contributed by atoms with van der Waals surface area (Å²) in [6.45, 7) is 2.52. The molecule has 0 aliphatic carbocycles. The van der Waals surface area contributed by atoms with Crippen LogP contribution in [0.5, 0.6) is 0 Å². The van der Waals surface area contributed by atoms with Crippen molar-refractivity contribution in [3.05, 3.63) is 47.0 Å². The highest BCUT2D eigenvalue weighted by Crippen LogP contribution is 2.19. The van der Waals surface area contributed by atoms with Gasteiger partial charge in [0, 0.05) is 55.6 Å². The zero-order valence-electron chi connectivity index (χ0n) is 15.1. The van der Waals surface area contributed by atoms with E-state index in [0.717, 1.165) is 24.2 Å². The van der Waals surface area contributed by atoms with E-state index in [1.54, 1.807) is 4.90 Å². The lowest BCUT2D eigenvalue weighted by molar-refractivity contribution is 0.0782. The molecular formula is C18H22ClFN6O2. The van der Waals surface area contributed by atoms with Gasteiger partial charge in [-0.25, -0.2) is 9.18 Å². The summed E-state index contributed by atoms with van der Waals surface area (Å²) in [7, 11) is 0. The summed E-state index contributed by atoms with van der Waals surface area (Å²) in [4.78, 5) is 26.6. The van der Waals surface area contributed by atoms with E-state index in [0.29, 0.717) is 37.4 Å². The number of urea groups is 1. The van der Waals surface area contributed by atoms with Crippen LogP contribution in [0.4, 0.5) is 14.9 Å². The van der Waals surface area contributed by atoms with Gasteiger partial charge in [-0.1, -0.05) is 0 Å². The summed E-state index contributed by atoms with van der Waals surface area (Å²) in [5.74, 6) is -0.471. The molecule has 0 saturated carbocycles. The summed E-state index contributed by atoms with van der Waals surface area (Å²) in [5, 5.41) is 15.9. The smallest absolute Gasteiger partial charge is 0.319 e. The number of H-pyrrole nitrogens is 1. The van der Waals surface area contributed by atoms with Crippen molar-refractivity contribution in [3.8, 4) is 0 Å². The molecule has 4 rings (SSSR count). The van der Waals surface area contributed by atoms with Crippen molar-refractivity contribution in [2.75, 3.05) is 25.0 Å². The molecule has 2 aromatic rings. The molecule has 2 aliphatic heterocycles. The zero-order chi connectivity index (χ0) is 18.8. The molecule has 1 unspecified atom stereocenters. The van der Waals surface area contributed by atoms with E-state index in [1.165, 1.54) is 24.3 Å². The van der Waals surface area contributed by atoms with Crippen LogP contribution in [0.1, 0.15) is 28.2 Å². The van der Waals surface area contributed by atoms with Crippen molar-refractivity contribution in [2.24, 2.45) is 0 Å². The molecule has 1 atom stereocenters. The quantitative estimate of drug-likeness (QED) is 0.620. The number of anilines is 1. The highest BCUT2D eigenvalue weighted by atomic mass is 35.5. The fourth-order valence-corrected chi connectivity index (χ4v) is 3.50. The first-order valence-electron chi connectivity index (χ1n) is 8.99. The summed E-state index contributed by atoms with van der Waals surface area (Å²) in [6, 6.07) is 5.04. The van der Waals surface area contributed by atoms with E-state index >= 15 is 0 Å². The van der Waals surface area contributed by atoms with Gasteiger partial charge in [-0.2, -0.15) is 5.10 Å². The average Bonchev–Trinajstić information content (AvgIpc) is 3.30.